The standard InChI is InChI=1S/2C8H8O.C7H8O.C7H14.2C6H11.10C2H6.2CH4.2CH3.2V/c2*1-7(9)8-5-3-2-4-6-8;8-6-7-4-2-1-3-5-7;1-7-5-3-2-4-6-7;2*1-2-4-6-5-3-1;10*1-2;;;;;;/h2*2-6H,1H3;1-5,8H,6H2;7H,2-6H2,1H3;2*1H,2-6H2;10*1-2H3;2*1H4;2*1H3;;/q;;;;2*-1;;;;;;;;;;;;;2*-1;2*+2. The van der Waals surface area contributed by atoms with E-state index in [1.807, 2.05) is 229 Å². The van der Waals surface area contributed by atoms with E-state index in [1.165, 1.54) is 96.3 Å². The molecule has 0 aromatic heterocycles. The summed E-state index contributed by atoms with van der Waals surface area (Å²) >= 11 is 0. The number of hydrogen-bond donors (Lipinski definition) is 1. The third-order valence-electron chi connectivity index (χ3n) is 7.91. The van der Waals surface area contributed by atoms with Crippen molar-refractivity contribution in [3.8, 4) is 0 Å². The predicted octanol–water partition coefficient (Wildman–Crippen LogP) is 24.3. The molecule has 3 nitrogen and oxygen atoms in total. The molecule has 3 saturated carbocycles. The first-order valence-corrected chi connectivity index (χ1v) is 27.3. The van der Waals surface area contributed by atoms with Gasteiger partial charge in [0.15, 0.2) is 11.6 Å². The summed E-state index contributed by atoms with van der Waals surface area (Å²) in [5, 5.41) is 8.54. The molecule has 71 heavy (non-hydrogen) atoms. The molecular formula is C66H134O3V2. The molecule has 0 bridgehead atoms. The maximum absolute atomic E-state index is 10.6. The Labute approximate surface area is 478 Å². The molecule has 0 unspecified atom stereocenters. The fourth-order valence-electron chi connectivity index (χ4n) is 5.03. The molecule has 0 spiro atoms. The van der Waals surface area contributed by atoms with Gasteiger partial charge in [0.2, 0.25) is 0 Å². The van der Waals surface area contributed by atoms with E-state index in [0.717, 1.165) is 22.6 Å². The molecule has 3 aromatic carbocycles. The Morgan fingerprint density at radius 2 is 0.620 bits per heavy atom. The van der Waals surface area contributed by atoms with Crippen LogP contribution in [0.2, 0.25) is 0 Å². The number of benzene rings is 3. The first-order chi connectivity index (χ1) is 31.9. The predicted molar refractivity (Wildman–Crippen MR) is 332 cm³/mol. The minimum Gasteiger partial charge on any atom is -0.392 e. The maximum Gasteiger partial charge on any atom is 2.00 e. The third-order valence-corrected chi connectivity index (χ3v) is 7.91. The quantitative estimate of drug-likeness (QED) is 0.210. The van der Waals surface area contributed by atoms with Gasteiger partial charge in [-0.25, -0.2) is 0 Å². The van der Waals surface area contributed by atoms with Gasteiger partial charge in [0.05, 0.1) is 6.61 Å². The Balaban J connectivity index is -0.0000000336. The molecule has 426 valence electrons. The van der Waals surface area contributed by atoms with Crippen molar-refractivity contribution in [1.82, 2.24) is 0 Å². The van der Waals surface area contributed by atoms with E-state index in [4.69, 9.17) is 5.11 Å². The van der Waals surface area contributed by atoms with E-state index < -0.39 is 0 Å². The van der Waals surface area contributed by atoms with Crippen LogP contribution < -0.4 is 0 Å². The summed E-state index contributed by atoms with van der Waals surface area (Å²) in [6.07, 6.45) is 26.4. The molecule has 3 aromatic rings. The second-order valence-electron chi connectivity index (χ2n) is 12.1. The number of ketones is 2. The SMILES string of the molecule is C.C.CC.CC.CC.CC.CC.CC.CC.CC.CC.CC.CC(=O)c1ccccc1.CC(=O)c1ccccc1.CC1CCCCC1.OCc1ccccc1.[CH-]1CCCCC1.[CH-]1CCCCC1.[CH3-].[CH3-].[V+2].[V+2]. The second kappa shape index (κ2) is 127. The van der Waals surface area contributed by atoms with Gasteiger partial charge >= 0.3 is 37.1 Å². The van der Waals surface area contributed by atoms with Crippen LogP contribution in [0.4, 0.5) is 0 Å². The monoisotopic (exact) mass is 1080 g/mol. The Hall–Kier alpha value is -1.87. The van der Waals surface area contributed by atoms with E-state index in [2.05, 4.69) is 19.8 Å². The second-order valence-corrected chi connectivity index (χ2v) is 12.1. The molecule has 0 aliphatic heterocycles. The van der Waals surface area contributed by atoms with Crippen molar-refractivity contribution in [2.24, 2.45) is 5.92 Å². The van der Waals surface area contributed by atoms with Crippen molar-refractivity contribution in [1.29, 1.82) is 0 Å². The average Bonchev–Trinajstić information content (AvgIpc) is 3.45. The van der Waals surface area contributed by atoms with Crippen LogP contribution in [0.25, 0.3) is 0 Å². The molecule has 0 heterocycles. The molecule has 2 radical (unpaired) electrons. The van der Waals surface area contributed by atoms with Crippen molar-refractivity contribution in [2.75, 3.05) is 0 Å². The number of carbonyl (C=O) groups excluding carboxylic acids is 2. The van der Waals surface area contributed by atoms with Gasteiger partial charge in [-0.1, -0.05) is 322 Å². The number of aliphatic hydroxyl groups is 1. The zero-order valence-electron chi connectivity index (χ0n) is 51.4. The van der Waals surface area contributed by atoms with Gasteiger partial charge in [0.1, 0.15) is 0 Å². The minimum absolute atomic E-state index is 0. The van der Waals surface area contributed by atoms with Crippen molar-refractivity contribution >= 4 is 11.6 Å². The van der Waals surface area contributed by atoms with Crippen LogP contribution >= 0.6 is 0 Å². The average molecular weight is 1080 g/mol. The molecule has 0 amide bonds. The van der Waals surface area contributed by atoms with Crippen LogP contribution in [-0.2, 0) is 43.7 Å². The fourth-order valence-corrected chi connectivity index (χ4v) is 5.03. The topological polar surface area (TPSA) is 54.4 Å². The van der Waals surface area contributed by atoms with E-state index in [0.29, 0.717) is 0 Å². The number of carbonyl (C=O) groups is 2. The van der Waals surface area contributed by atoms with Crippen molar-refractivity contribution in [3.63, 3.8) is 0 Å². The van der Waals surface area contributed by atoms with Crippen LogP contribution in [0, 0.1) is 33.6 Å². The normalized spacial score (nSPS) is 10.7. The smallest absolute Gasteiger partial charge is 0.392 e. The molecule has 0 atom stereocenters. The van der Waals surface area contributed by atoms with Crippen LogP contribution in [0.5, 0.6) is 0 Å². The summed E-state index contributed by atoms with van der Waals surface area (Å²) in [5.74, 6) is 1.28. The van der Waals surface area contributed by atoms with Gasteiger partial charge in [-0.2, -0.15) is 25.7 Å². The largest absolute Gasteiger partial charge is 2.00 e. The Morgan fingerprint density at radius 3 is 0.732 bits per heavy atom. The van der Waals surface area contributed by atoms with Gasteiger partial charge < -0.3 is 32.8 Å². The van der Waals surface area contributed by atoms with Gasteiger partial charge in [-0.05, 0) is 25.3 Å². The summed E-state index contributed by atoms with van der Waals surface area (Å²) < 4.78 is 0. The van der Waals surface area contributed by atoms with Crippen LogP contribution in [0.3, 0.4) is 0 Å². The van der Waals surface area contributed by atoms with Crippen molar-refractivity contribution in [2.45, 2.75) is 277 Å². The van der Waals surface area contributed by atoms with Crippen LogP contribution in [0.15, 0.2) is 91.0 Å². The van der Waals surface area contributed by atoms with Gasteiger partial charge in [-0.15, -0.1) is 0 Å². The number of hydrogen-bond acceptors (Lipinski definition) is 3. The van der Waals surface area contributed by atoms with E-state index in [-0.39, 0.29) is 85.0 Å². The zero-order chi connectivity index (χ0) is 52.8. The van der Waals surface area contributed by atoms with Gasteiger partial charge in [0.25, 0.3) is 0 Å². The summed E-state index contributed by atoms with van der Waals surface area (Å²) in [6, 6.07) is 28.0. The van der Waals surface area contributed by atoms with Gasteiger partial charge in [0, 0.05) is 11.1 Å². The van der Waals surface area contributed by atoms with E-state index >= 15 is 0 Å². The minimum atomic E-state index is 0. The fraction of sp³-hybridized carbons (Fsp3) is 0.636. The summed E-state index contributed by atoms with van der Waals surface area (Å²) in [5.41, 5.74) is 2.52. The van der Waals surface area contributed by atoms with Crippen molar-refractivity contribution < 1.29 is 51.8 Å². The maximum atomic E-state index is 10.6. The molecular weight excluding hydrogens is 943 g/mol. The van der Waals surface area contributed by atoms with E-state index in [9.17, 15) is 9.59 Å². The number of rotatable bonds is 3. The van der Waals surface area contributed by atoms with Crippen LogP contribution in [0.1, 0.15) is 297 Å². The Bertz CT molecular complexity index is 995. The molecule has 3 aliphatic rings. The molecule has 3 fully saturated rings. The Morgan fingerprint density at radius 1 is 0.408 bits per heavy atom. The Kier molecular flexibility index (Phi) is 204. The van der Waals surface area contributed by atoms with Gasteiger partial charge in [-0.3, -0.25) is 9.59 Å². The molecule has 3 aliphatic carbocycles. The molecule has 6 rings (SSSR count). The summed E-state index contributed by atoms with van der Waals surface area (Å²) in [4.78, 5) is 21.3. The van der Waals surface area contributed by atoms with E-state index in [1.54, 1.807) is 13.8 Å². The zero-order valence-corrected chi connectivity index (χ0v) is 54.2. The molecule has 0 saturated heterocycles. The third kappa shape index (κ3) is 110. The first kappa shape index (κ1) is 114. The molecule has 1 N–H and O–H groups in total. The van der Waals surface area contributed by atoms with Crippen molar-refractivity contribution in [3.05, 3.63) is 135 Å². The number of aliphatic hydroxyl groups excluding tert-OH is 1. The summed E-state index contributed by atoms with van der Waals surface area (Å²) in [7, 11) is 0. The first-order valence-electron chi connectivity index (χ1n) is 27.3. The number of Topliss-reactive ketones (excluding diaryl/α,β-unsaturated/α-hetero) is 2. The van der Waals surface area contributed by atoms with Crippen LogP contribution in [-0.4, -0.2) is 16.7 Å². The summed E-state index contributed by atoms with van der Waals surface area (Å²) in [6.45, 7) is 45.6. The molecule has 5 heteroatoms.